The summed E-state index contributed by atoms with van der Waals surface area (Å²) in [6, 6.07) is 0. The van der Waals surface area contributed by atoms with Crippen molar-refractivity contribution in [1.82, 2.24) is 0 Å². The third kappa shape index (κ3) is 22.9. The minimum Gasteiger partial charge on any atom is -0.477 e. The van der Waals surface area contributed by atoms with Crippen LogP contribution in [0.5, 0.6) is 0 Å². The van der Waals surface area contributed by atoms with Crippen molar-refractivity contribution in [1.29, 1.82) is 0 Å². The summed E-state index contributed by atoms with van der Waals surface area (Å²) in [5.41, 5.74) is 0. The van der Waals surface area contributed by atoms with Crippen molar-refractivity contribution in [2.75, 3.05) is 26.4 Å². The highest BCUT2D eigenvalue weighted by atomic mass is 32.3. The van der Waals surface area contributed by atoms with Crippen molar-refractivity contribution >= 4 is 115 Å². The van der Waals surface area contributed by atoms with E-state index in [2.05, 4.69) is 0 Å². The molecule has 14 heteroatoms. The molecule has 152 valence electrons. The van der Waals surface area contributed by atoms with Gasteiger partial charge in [-0.2, -0.15) is 0 Å². The van der Waals surface area contributed by atoms with Crippen molar-refractivity contribution in [3.05, 3.63) is 0 Å². The summed E-state index contributed by atoms with van der Waals surface area (Å²) in [6.45, 7) is 9.56. The van der Waals surface area contributed by atoms with E-state index < -0.39 is 0 Å². The maximum absolute atomic E-state index is 4.96. The molecule has 26 heavy (non-hydrogen) atoms. The monoisotopic (exact) mass is 516 g/mol. The maximum atomic E-state index is 4.96. The fourth-order valence-corrected chi connectivity index (χ4v) is 4.01. The Bertz CT molecular complexity index is 349. The summed E-state index contributed by atoms with van der Waals surface area (Å²) in [7, 11) is 0. The molecular formula is C12H20O6S8. The lowest BCUT2D eigenvalue weighted by molar-refractivity contribution is 0.343. The molecule has 0 N–H and O–H groups in total. The van der Waals surface area contributed by atoms with Gasteiger partial charge in [-0.3, -0.25) is 0 Å². The first-order valence-corrected chi connectivity index (χ1v) is 11.7. The van der Waals surface area contributed by atoms with E-state index >= 15 is 0 Å². The van der Waals surface area contributed by atoms with Crippen LogP contribution in [0.4, 0.5) is 0 Å². The molecule has 0 heterocycles. The summed E-state index contributed by atoms with van der Waals surface area (Å²) in [4.78, 5) is 0. The quantitative estimate of drug-likeness (QED) is 0.285. The van der Waals surface area contributed by atoms with Crippen LogP contribution in [0.15, 0.2) is 0 Å². The van der Waals surface area contributed by atoms with Gasteiger partial charge in [0.15, 0.2) is 0 Å². The molecule has 6 nitrogen and oxygen atoms in total. The lowest BCUT2D eigenvalue weighted by Gasteiger charge is -2.04. The Morgan fingerprint density at radius 2 is 0.692 bits per heavy atom. The Balaban J connectivity index is 0. The molecule has 0 aromatic carbocycles. The second kappa shape index (κ2) is 22.2. The predicted molar refractivity (Wildman–Crippen MR) is 129 cm³/mol. The average molecular weight is 517 g/mol. The van der Waals surface area contributed by atoms with Crippen LogP contribution in [0.3, 0.4) is 0 Å². The van der Waals surface area contributed by atoms with E-state index in [0.717, 1.165) is 48.2 Å². The average Bonchev–Trinajstić information content (AvgIpc) is 2.56. The normalized spacial score (nSPS) is 9.38. The molecule has 0 spiro atoms. The molecule has 0 unspecified atom stereocenters. The van der Waals surface area contributed by atoms with Crippen LogP contribution < -0.4 is 0 Å². The van der Waals surface area contributed by atoms with Gasteiger partial charge in [-0.05, 0) is 76.6 Å². The molecule has 0 rings (SSSR count). The molecule has 0 radical (unpaired) electrons. The van der Waals surface area contributed by atoms with Crippen LogP contribution >= 0.6 is 97.0 Å². The minimum atomic E-state index is 0.342. The second-order valence-corrected chi connectivity index (χ2v) is 8.96. The van der Waals surface area contributed by atoms with Crippen LogP contribution in [0.25, 0.3) is 0 Å². The van der Waals surface area contributed by atoms with Crippen molar-refractivity contribution in [3.63, 3.8) is 0 Å². The largest absolute Gasteiger partial charge is 0.477 e. The van der Waals surface area contributed by atoms with Crippen molar-refractivity contribution in [3.8, 4) is 0 Å². The van der Waals surface area contributed by atoms with Gasteiger partial charge in [0.1, 0.15) is 0 Å². The van der Waals surface area contributed by atoms with Gasteiger partial charge >= 0.3 is 0 Å². The van der Waals surface area contributed by atoms with Crippen LogP contribution in [0.2, 0.25) is 0 Å². The number of hydrogen-bond acceptors (Lipinski definition) is 14. The van der Waals surface area contributed by atoms with Gasteiger partial charge in [0.2, 0.25) is 17.5 Å². The fourth-order valence-electron chi connectivity index (χ4n) is 0.713. The van der Waals surface area contributed by atoms with Gasteiger partial charge in [-0.1, -0.05) is 0 Å². The van der Waals surface area contributed by atoms with E-state index in [1.165, 1.54) is 0 Å². The third-order valence-electron chi connectivity index (χ3n) is 1.46. The molecule has 0 aromatic rings. The SMILES string of the molecule is CCOC(=S)SOSC(=S)OCC.CCOC(=S)SOSC(=S)OCC. The Labute approximate surface area is 193 Å². The predicted octanol–water partition coefficient (Wildman–Crippen LogP) is 5.88. The Hall–Kier alpha value is 0.880. The minimum absolute atomic E-state index is 0.342. The lowest BCUT2D eigenvalue weighted by Crippen LogP contribution is -1.98. The van der Waals surface area contributed by atoms with E-state index in [9.17, 15) is 0 Å². The summed E-state index contributed by atoms with van der Waals surface area (Å²) in [5.74, 6) is 0. The number of thiocarbonyl (C=S) groups is 4. The van der Waals surface area contributed by atoms with Gasteiger partial charge in [-0.15, -0.1) is 0 Å². The standard InChI is InChI=1S/2C6H10O3S4/c2*1-3-7-5(10)12-9-13-6(11)8-4-2/h2*3-4H2,1-2H3. The van der Waals surface area contributed by atoms with Crippen molar-refractivity contribution in [2.24, 2.45) is 0 Å². The molecular weight excluding hydrogens is 497 g/mol. The zero-order valence-electron chi connectivity index (χ0n) is 14.5. The molecule has 0 saturated heterocycles. The second-order valence-electron chi connectivity index (χ2n) is 3.20. The van der Waals surface area contributed by atoms with Gasteiger partial charge in [0.05, 0.1) is 74.6 Å². The van der Waals surface area contributed by atoms with E-state index in [1.807, 2.05) is 27.7 Å². The number of hydrogen-bond donors (Lipinski definition) is 0. The van der Waals surface area contributed by atoms with E-state index in [0.29, 0.717) is 44.0 Å². The third-order valence-corrected chi connectivity index (χ3v) is 4.85. The van der Waals surface area contributed by atoms with E-state index in [-0.39, 0.29) is 0 Å². The summed E-state index contributed by atoms with van der Waals surface area (Å²) in [5, 5.41) is 0. The van der Waals surface area contributed by atoms with Gasteiger partial charge in [0.25, 0.3) is 0 Å². The van der Waals surface area contributed by atoms with Crippen molar-refractivity contribution < 1.29 is 26.2 Å². The smallest absolute Gasteiger partial charge is 0.248 e. The topological polar surface area (TPSA) is 55.4 Å². The molecule has 0 bridgehead atoms. The van der Waals surface area contributed by atoms with Crippen molar-refractivity contribution in [2.45, 2.75) is 27.7 Å². The van der Waals surface area contributed by atoms with E-state index in [1.54, 1.807) is 0 Å². The molecule has 0 fully saturated rings. The maximum Gasteiger partial charge on any atom is 0.248 e. The van der Waals surface area contributed by atoms with Crippen LogP contribution in [0.1, 0.15) is 27.7 Å². The highest BCUT2D eigenvalue weighted by Gasteiger charge is 2.04. The van der Waals surface area contributed by atoms with Gasteiger partial charge in [-0.25, -0.2) is 7.26 Å². The van der Waals surface area contributed by atoms with Crippen LogP contribution in [-0.2, 0) is 26.2 Å². The molecule has 0 atom stereocenters. The van der Waals surface area contributed by atoms with E-state index in [4.69, 9.17) is 75.1 Å². The van der Waals surface area contributed by atoms with Gasteiger partial charge < -0.3 is 18.9 Å². The van der Waals surface area contributed by atoms with Crippen LogP contribution in [0, 0.1) is 0 Å². The molecule has 0 aliphatic rings. The number of rotatable bonds is 8. The molecule has 0 aliphatic carbocycles. The molecule has 0 saturated carbocycles. The first-order valence-electron chi connectivity index (χ1n) is 7.10. The Morgan fingerprint density at radius 1 is 0.500 bits per heavy atom. The summed E-state index contributed by atoms with van der Waals surface area (Å²) < 4.78 is 31.1. The molecule has 0 aromatic heterocycles. The zero-order valence-corrected chi connectivity index (χ0v) is 21.1. The fraction of sp³-hybridized carbons (Fsp3) is 0.667. The number of ether oxygens (including phenoxy) is 4. The summed E-state index contributed by atoms with van der Waals surface area (Å²) >= 11 is 23.0. The first-order chi connectivity index (χ1) is 12.4. The Kier molecular flexibility index (Phi) is 24.8. The highest BCUT2D eigenvalue weighted by Crippen LogP contribution is 2.20. The highest BCUT2D eigenvalue weighted by molar-refractivity contribution is 8.29. The first kappa shape index (κ1) is 29.1. The lowest BCUT2D eigenvalue weighted by atomic mass is 10.9. The van der Waals surface area contributed by atoms with Crippen LogP contribution in [-0.4, -0.2) is 44.0 Å². The molecule has 0 amide bonds. The molecule has 0 aliphatic heterocycles. The zero-order chi connectivity index (χ0) is 20.2. The Morgan fingerprint density at radius 3 is 0.846 bits per heavy atom. The van der Waals surface area contributed by atoms with Gasteiger partial charge in [0, 0.05) is 0 Å². The summed E-state index contributed by atoms with van der Waals surface area (Å²) in [6.07, 6.45) is 0.